The molecule has 0 fully saturated rings. The fourth-order valence-electron chi connectivity index (χ4n) is 3.10. The lowest BCUT2D eigenvalue weighted by Crippen LogP contribution is -2.25. The highest BCUT2D eigenvalue weighted by atomic mass is 35.5. The lowest BCUT2D eigenvalue weighted by Gasteiger charge is -2.19. The number of aromatic nitrogens is 2. The molecular weight excluding hydrogens is 332 g/mol. The molecule has 0 amide bonds. The van der Waals surface area contributed by atoms with Gasteiger partial charge in [0.1, 0.15) is 0 Å². The maximum atomic E-state index is 5.98. The molecule has 0 radical (unpaired) electrons. The Kier molecular flexibility index (Phi) is 4.63. The van der Waals surface area contributed by atoms with Crippen molar-refractivity contribution < 1.29 is 0 Å². The summed E-state index contributed by atoms with van der Waals surface area (Å²) in [5, 5.41) is 4.28. The highest BCUT2D eigenvalue weighted by Crippen LogP contribution is 2.27. The van der Waals surface area contributed by atoms with Crippen molar-refractivity contribution in [3.05, 3.63) is 77.2 Å². The Bertz CT molecular complexity index is 849. The van der Waals surface area contributed by atoms with Crippen LogP contribution in [0.25, 0.3) is 11.3 Å². The van der Waals surface area contributed by atoms with Gasteiger partial charge in [0.05, 0.1) is 5.69 Å². The van der Waals surface area contributed by atoms with E-state index in [2.05, 4.69) is 38.4 Å². The molecule has 0 saturated heterocycles. The predicted octanol–water partition coefficient (Wildman–Crippen LogP) is 4.22. The number of nitrogens with zero attached hydrogens (tertiary/aromatic N) is 3. The van der Waals surface area contributed by atoms with Gasteiger partial charge in [-0.2, -0.15) is 0 Å². The number of pyridine rings is 2. The fraction of sp³-hybridized carbons (Fsp3) is 0.200. The first-order chi connectivity index (χ1) is 12.3. The number of fused-ring (bicyclic) bond motifs is 1. The van der Waals surface area contributed by atoms with Gasteiger partial charge in [-0.3, -0.25) is 14.9 Å². The van der Waals surface area contributed by atoms with Crippen LogP contribution in [0.2, 0.25) is 5.02 Å². The summed E-state index contributed by atoms with van der Waals surface area (Å²) in [6.45, 7) is 3.72. The second kappa shape index (κ2) is 7.21. The predicted molar refractivity (Wildman–Crippen MR) is 102 cm³/mol. The van der Waals surface area contributed by atoms with Crippen molar-refractivity contribution in [2.45, 2.75) is 13.1 Å². The number of hydrogen-bond donors (Lipinski definition) is 1. The average Bonchev–Trinajstić information content (AvgIpc) is 2.84. The van der Waals surface area contributed by atoms with Crippen molar-refractivity contribution in [2.75, 3.05) is 18.4 Å². The average molecular weight is 351 g/mol. The van der Waals surface area contributed by atoms with Gasteiger partial charge in [0.15, 0.2) is 0 Å². The van der Waals surface area contributed by atoms with Crippen LogP contribution in [-0.2, 0) is 13.1 Å². The summed E-state index contributed by atoms with van der Waals surface area (Å²) < 4.78 is 0. The van der Waals surface area contributed by atoms with Crippen LogP contribution < -0.4 is 5.32 Å². The van der Waals surface area contributed by atoms with Crippen LogP contribution in [-0.4, -0.2) is 28.0 Å². The molecule has 0 atom stereocenters. The molecule has 0 saturated carbocycles. The minimum absolute atomic E-state index is 0.739. The summed E-state index contributed by atoms with van der Waals surface area (Å²) in [6.07, 6.45) is 5.68. The molecule has 1 aliphatic rings. The topological polar surface area (TPSA) is 41.1 Å². The first kappa shape index (κ1) is 16.1. The summed E-state index contributed by atoms with van der Waals surface area (Å²) in [5.41, 5.74) is 5.71. The van der Waals surface area contributed by atoms with E-state index in [1.165, 1.54) is 11.1 Å². The second-order valence-electron chi connectivity index (χ2n) is 6.23. The smallest absolute Gasteiger partial charge is 0.0722 e. The largest absolute Gasteiger partial charge is 0.383 e. The summed E-state index contributed by atoms with van der Waals surface area (Å²) in [6, 6.07) is 14.1. The Morgan fingerprint density at radius 3 is 2.68 bits per heavy atom. The number of anilines is 1. The molecule has 3 aromatic rings. The van der Waals surface area contributed by atoms with Gasteiger partial charge in [-0.15, -0.1) is 0 Å². The van der Waals surface area contributed by atoms with Gasteiger partial charge < -0.3 is 5.32 Å². The van der Waals surface area contributed by atoms with Crippen LogP contribution in [0.3, 0.4) is 0 Å². The third kappa shape index (κ3) is 3.81. The third-order valence-electron chi connectivity index (χ3n) is 4.42. The van der Waals surface area contributed by atoms with Crippen molar-refractivity contribution in [3.63, 3.8) is 0 Å². The Morgan fingerprint density at radius 1 is 1.08 bits per heavy atom. The van der Waals surface area contributed by atoms with E-state index in [1.807, 2.05) is 42.9 Å². The van der Waals surface area contributed by atoms with Crippen LogP contribution in [0.5, 0.6) is 0 Å². The van der Waals surface area contributed by atoms with Crippen molar-refractivity contribution in [2.24, 2.45) is 0 Å². The third-order valence-corrected chi connectivity index (χ3v) is 4.67. The molecule has 0 spiro atoms. The zero-order chi connectivity index (χ0) is 17.1. The summed E-state index contributed by atoms with van der Waals surface area (Å²) >= 11 is 5.98. The van der Waals surface area contributed by atoms with Gasteiger partial charge in [0.2, 0.25) is 0 Å². The van der Waals surface area contributed by atoms with Crippen LogP contribution in [0.1, 0.15) is 11.1 Å². The molecule has 4 nitrogen and oxygen atoms in total. The zero-order valence-electron chi connectivity index (χ0n) is 13.8. The maximum Gasteiger partial charge on any atom is 0.0722 e. The van der Waals surface area contributed by atoms with Gasteiger partial charge in [0.25, 0.3) is 0 Å². The lowest BCUT2D eigenvalue weighted by molar-refractivity contribution is 0.271. The van der Waals surface area contributed by atoms with Crippen LogP contribution >= 0.6 is 11.6 Å². The summed E-state index contributed by atoms with van der Waals surface area (Å²) in [5.74, 6) is 0. The molecule has 1 aromatic carbocycles. The molecule has 25 heavy (non-hydrogen) atoms. The lowest BCUT2D eigenvalue weighted by atomic mass is 10.1. The molecule has 126 valence electrons. The van der Waals surface area contributed by atoms with Crippen molar-refractivity contribution in [1.82, 2.24) is 14.9 Å². The minimum atomic E-state index is 0.739. The zero-order valence-corrected chi connectivity index (χ0v) is 14.6. The highest BCUT2D eigenvalue weighted by molar-refractivity contribution is 6.30. The van der Waals surface area contributed by atoms with Crippen molar-refractivity contribution in [1.29, 1.82) is 0 Å². The van der Waals surface area contributed by atoms with Crippen molar-refractivity contribution >= 4 is 17.3 Å². The SMILES string of the molecule is Clc1ccc(-c2cc3c(cn2)CN(Cc2ccncc2)CCN3)cc1. The molecule has 0 bridgehead atoms. The van der Waals surface area contributed by atoms with E-state index < -0.39 is 0 Å². The molecule has 0 aliphatic carbocycles. The van der Waals surface area contributed by atoms with E-state index in [0.717, 1.165) is 48.1 Å². The van der Waals surface area contributed by atoms with Gasteiger partial charge in [-0.25, -0.2) is 0 Å². The number of rotatable bonds is 3. The number of halogens is 1. The maximum absolute atomic E-state index is 5.98. The summed E-state index contributed by atoms with van der Waals surface area (Å²) in [4.78, 5) is 11.2. The molecule has 0 unspecified atom stereocenters. The van der Waals surface area contributed by atoms with Gasteiger partial charge >= 0.3 is 0 Å². The van der Waals surface area contributed by atoms with Crippen LogP contribution in [0, 0.1) is 0 Å². The molecule has 1 N–H and O–H groups in total. The number of hydrogen-bond acceptors (Lipinski definition) is 4. The minimum Gasteiger partial charge on any atom is -0.383 e. The molecule has 4 rings (SSSR count). The molecule has 2 aromatic heterocycles. The Hall–Kier alpha value is -2.43. The van der Waals surface area contributed by atoms with E-state index in [0.29, 0.717) is 0 Å². The van der Waals surface area contributed by atoms with Crippen LogP contribution in [0.15, 0.2) is 61.1 Å². The number of benzene rings is 1. The monoisotopic (exact) mass is 350 g/mol. The Labute approximate surface area is 152 Å². The van der Waals surface area contributed by atoms with Gasteiger partial charge in [0, 0.05) is 66.6 Å². The van der Waals surface area contributed by atoms with Gasteiger partial charge in [-0.05, 0) is 35.9 Å². The first-order valence-corrected chi connectivity index (χ1v) is 8.76. The van der Waals surface area contributed by atoms with E-state index in [4.69, 9.17) is 11.6 Å². The van der Waals surface area contributed by atoms with E-state index in [1.54, 1.807) is 0 Å². The van der Waals surface area contributed by atoms with E-state index in [9.17, 15) is 0 Å². The summed E-state index contributed by atoms with van der Waals surface area (Å²) in [7, 11) is 0. The Balaban J connectivity index is 1.55. The van der Waals surface area contributed by atoms with E-state index >= 15 is 0 Å². The molecule has 5 heteroatoms. The highest BCUT2D eigenvalue weighted by Gasteiger charge is 2.15. The first-order valence-electron chi connectivity index (χ1n) is 8.38. The normalized spacial score (nSPS) is 14.4. The fourth-order valence-corrected chi connectivity index (χ4v) is 3.23. The van der Waals surface area contributed by atoms with E-state index in [-0.39, 0.29) is 0 Å². The van der Waals surface area contributed by atoms with Gasteiger partial charge in [-0.1, -0.05) is 23.7 Å². The number of nitrogens with one attached hydrogen (secondary N) is 1. The van der Waals surface area contributed by atoms with Crippen molar-refractivity contribution in [3.8, 4) is 11.3 Å². The molecule has 3 heterocycles. The second-order valence-corrected chi connectivity index (χ2v) is 6.66. The quantitative estimate of drug-likeness (QED) is 0.767. The standard InChI is InChI=1S/C20H19ClN4/c21-18-3-1-16(2-4-18)19-11-20-17(12-24-19)14-25(10-9-23-20)13-15-5-7-22-8-6-15/h1-8,11-12,23H,9-10,13-14H2. The Morgan fingerprint density at radius 2 is 1.88 bits per heavy atom. The van der Waals surface area contributed by atoms with Crippen LogP contribution in [0.4, 0.5) is 5.69 Å². The molecular formula is C20H19ClN4. The molecule has 1 aliphatic heterocycles.